The molecule has 1 aliphatic heterocycles. The molecule has 0 radical (unpaired) electrons. The van der Waals surface area contributed by atoms with Crippen LogP contribution in [0.1, 0.15) is 12.8 Å². The van der Waals surface area contributed by atoms with E-state index >= 15 is 0 Å². The Morgan fingerprint density at radius 3 is 2.50 bits per heavy atom. The van der Waals surface area contributed by atoms with E-state index in [0.717, 1.165) is 24.7 Å². The van der Waals surface area contributed by atoms with Crippen LogP contribution in [0.5, 0.6) is 0 Å². The summed E-state index contributed by atoms with van der Waals surface area (Å²) in [7, 11) is 0. The molecule has 0 aromatic rings. The Morgan fingerprint density at radius 1 is 1.33 bits per heavy atom. The van der Waals surface area contributed by atoms with Gasteiger partial charge in [0.25, 0.3) is 0 Å². The van der Waals surface area contributed by atoms with Crippen molar-refractivity contribution in [2.24, 2.45) is 5.92 Å². The molecule has 0 saturated carbocycles. The van der Waals surface area contributed by atoms with E-state index in [1.54, 1.807) is 23.1 Å². The summed E-state index contributed by atoms with van der Waals surface area (Å²) in [5.41, 5.74) is 0.807. The van der Waals surface area contributed by atoms with Gasteiger partial charge in [-0.15, -0.1) is 0 Å². The molecule has 98 valence electrons. The molecule has 1 fully saturated rings. The normalized spacial score (nSPS) is 17.1. The number of likely N-dealkylation sites (tertiary alicyclic amines) is 1. The van der Waals surface area contributed by atoms with Crippen LogP contribution in [-0.2, 0) is 9.53 Å². The van der Waals surface area contributed by atoms with E-state index in [9.17, 15) is 9.59 Å². The first-order valence-corrected chi connectivity index (χ1v) is 6.02. The molecular formula is C14H19NO3. The van der Waals surface area contributed by atoms with Crippen LogP contribution in [0, 0.1) is 5.92 Å². The number of hydrogen-bond acceptors (Lipinski definition) is 3. The van der Waals surface area contributed by atoms with Crippen LogP contribution in [-0.4, -0.2) is 37.0 Å². The van der Waals surface area contributed by atoms with Gasteiger partial charge < -0.3 is 14.4 Å². The van der Waals surface area contributed by atoms with Gasteiger partial charge in [-0.05, 0) is 18.4 Å². The second-order valence-electron chi connectivity index (χ2n) is 4.20. The van der Waals surface area contributed by atoms with Gasteiger partial charge >= 0.3 is 6.09 Å². The Kier molecular flexibility index (Phi) is 5.91. The average molecular weight is 249 g/mol. The van der Waals surface area contributed by atoms with Crippen LogP contribution in [0.15, 0.2) is 37.0 Å². The highest BCUT2D eigenvalue weighted by atomic mass is 16.6. The van der Waals surface area contributed by atoms with Gasteiger partial charge in [-0.2, -0.15) is 0 Å². The van der Waals surface area contributed by atoms with Crippen LogP contribution in [0.3, 0.4) is 0 Å². The molecule has 1 rings (SSSR count). The van der Waals surface area contributed by atoms with Crippen LogP contribution < -0.4 is 0 Å². The standard InChI is InChI=1S/C14H19NO3/c1-3-5-12(4-2)11-18-14(17)15-8-6-13(10-16)7-9-15/h3-5,10,13H,1-2,6-9,11H2/b12-5+. The smallest absolute Gasteiger partial charge is 0.410 e. The van der Waals surface area contributed by atoms with Crippen LogP contribution in [0.4, 0.5) is 4.79 Å². The molecule has 1 aliphatic rings. The predicted molar refractivity (Wildman–Crippen MR) is 70.2 cm³/mol. The number of rotatable bonds is 5. The van der Waals surface area contributed by atoms with Crippen LogP contribution >= 0.6 is 0 Å². The van der Waals surface area contributed by atoms with Crippen molar-refractivity contribution in [2.75, 3.05) is 19.7 Å². The average Bonchev–Trinajstić information content (AvgIpc) is 2.43. The van der Waals surface area contributed by atoms with Crippen molar-refractivity contribution in [2.45, 2.75) is 12.8 Å². The fraction of sp³-hybridized carbons (Fsp3) is 0.429. The summed E-state index contributed by atoms with van der Waals surface area (Å²) in [6, 6.07) is 0. The summed E-state index contributed by atoms with van der Waals surface area (Å²) in [4.78, 5) is 24.0. The summed E-state index contributed by atoms with van der Waals surface area (Å²) in [6.45, 7) is 8.56. The lowest BCUT2D eigenvalue weighted by Gasteiger charge is -2.28. The van der Waals surface area contributed by atoms with Crippen molar-refractivity contribution in [3.05, 3.63) is 37.0 Å². The summed E-state index contributed by atoms with van der Waals surface area (Å²) >= 11 is 0. The molecule has 0 N–H and O–H groups in total. The molecule has 1 saturated heterocycles. The molecule has 4 nitrogen and oxygen atoms in total. The predicted octanol–water partition coefficient (Wildman–Crippen LogP) is 2.33. The van der Waals surface area contributed by atoms with E-state index in [-0.39, 0.29) is 18.6 Å². The summed E-state index contributed by atoms with van der Waals surface area (Å²) < 4.78 is 5.17. The SMILES string of the molecule is C=C/C=C(\C=C)COC(=O)N1CCC(C=O)CC1. The third-order valence-corrected chi connectivity index (χ3v) is 2.95. The molecule has 0 aromatic heterocycles. The highest BCUT2D eigenvalue weighted by Gasteiger charge is 2.23. The van der Waals surface area contributed by atoms with Gasteiger partial charge in [0, 0.05) is 19.0 Å². The highest BCUT2D eigenvalue weighted by molar-refractivity contribution is 5.68. The number of allylic oxidation sites excluding steroid dienone is 2. The zero-order chi connectivity index (χ0) is 13.4. The quantitative estimate of drug-likeness (QED) is 0.555. The topological polar surface area (TPSA) is 46.6 Å². The molecule has 0 aromatic carbocycles. The molecular weight excluding hydrogens is 230 g/mol. The maximum Gasteiger partial charge on any atom is 0.410 e. The molecule has 1 amide bonds. The van der Waals surface area contributed by atoms with E-state index in [0.29, 0.717) is 13.1 Å². The Balaban J connectivity index is 2.37. The van der Waals surface area contributed by atoms with Crippen LogP contribution in [0.25, 0.3) is 0 Å². The lowest BCUT2D eigenvalue weighted by Crippen LogP contribution is -2.39. The van der Waals surface area contributed by atoms with Gasteiger partial charge in [0.05, 0.1) is 0 Å². The van der Waals surface area contributed by atoms with E-state index in [1.807, 2.05) is 0 Å². The van der Waals surface area contributed by atoms with E-state index in [4.69, 9.17) is 4.74 Å². The van der Waals surface area contributed by atoms with Crippen LogP contribution in [0.2, 0.25) is 0 Å². The second kappa shape index (κ2) is 7.48. The monoisotopic (exact) mass is 249 g/mol. The molecule has 18 heavy (non-hydrogen) atoms. The number of piperidine rings is 1. The minimum atomic E-state index is -0.337. The van der Waals surface area contributed by atoms with Gasteiger partial charge in [-0.3, -0.25) is 0 Å². The van der Waals surface area contributed by atoms with Crippen molar-refractivity contribution in [1.82, 2.24) is 4.90 Å². The van der Waals surface area contributed by atoms with Crippen molar-refractivity contribution in [3.8, 4) is 0 Å². The van der Waals surface area contributed by atoms with Crippen molar-refractivity contribution < 1.29 is 14.3 Å². The van der Waals surface area contributed by atoms with Crippen molar-refractivity contribution in [3.63, 3.8) is 0 Å². The largest absolute Gasteiger partial charge is 0.445 e. The number of aldehydes is 1. The number of nitrogens with zero attached hydrogens (tertiary/aromatic N) is 1. The molecule has 1 heterocycles. The summed E-state index contributed by atoms with van der Waals surface area (Å²) in [5.74, 6) is 0.0819. The first kappa shape index (κ1) is 14.2. The molecule has 0 unspecified atom stereocenters. The van der Waals surface area contributed by atoms with E-state index in [1.165, 1.54) is 0 Å². The highest BCUT2D eigenvalue weighted by Crippen LogP contribution is 2.15. The van der Waals surface area contributed by atoms with Crippen molar-refractivity contribution >= 4 is 12.4 Å². The van der Waals surface area contributed by atoms with E-state index < -0.39 is 0 Å². The third kappa shape index (κ3) is 4.20. The molecule has 0 bridgehead atoms. The zero-order valence-electron chi connectivity index (χ0n) is 10.5. The van der Waals surface area contributed by atoms with Gasteiger partial charge in [-0.25, -0.2) is 4.79 Å². The number of hydrogen-bond donors (Lipinski definition) is 0. The maximum absolute atomic E-state index is 11.7. The number of carbonyl (C=O) groups is 2. The molecule has 0 spiro atoms. The van der Waals surface area contributed by atoms with E-state index in [2.05, 4.69) is 13.2 Å². The second-order valence-corrected chi connectivity index (χ2v) is 4.20. The Hall–Kier alpha value is -1.84. The van der Waals surface area contributed by atoms with Gasteiger partial charge in [0.2, 0.25) is 0 Å². The molecule has 0 atom stereocenters. The van der Waals surface area contributed by atoms with Gasteiger partial charge in [0.1, 0.15) is 12.9 Å². The van der Waals surface area contributed by atoms with Gasteiger partial charge in [0.15, 0.2) is 0 Å². The fourth-order valence-corrected chi connectivity index (χ4v) is 1.78. The lowest BCUT2D eigenvalue weighted by molar-refractivity contribution is -0.112. The molecule has 4 heteroatoms. The minimum Gasteiger partial charge on any atom is -0.445 e. The number of amides is 1. The molecule has 0 aliphatic carbocycles. The first-order valence-electron chi connectivity index (χ1n) is 6.02. The number of carbonyl (C=O) groups excluding carboxylic acids is 2. The van der Waals surface area contributed by atoms with Crippen molar-refractivity contribution in [1.29, 1.82) is 0 Å². The maximum atomic E-state index is 11.7. The Morgan fingerprint density at radius 2 is 2.00 bits per heavy atom. The lowest BCUT2D eigenvalue weighted by atomic mass is 9.99. The summed E-state index contributed by atoms with van der Waals surface area (Å²) in [5, 5.41) is 0. The first-order chi connectivity index (χ1) is 8.71. The fourth-order valence-electron chi connectivity index (χ4n) is 1.78. The van der Waals surface area contributed by atoms with Gasteiger partial charge in [-0.1, -0.05) is 31.4 Å². The summed E-state index contributed by atoms with van der Waals surface area (Å²) in [6.07, 6.45) is 7.07. The Labute approximate surface area is 108 Å². The zero-order valence-corrected chi connectivity index (χ0v) is 10.5. The third-order valence-electron chi connectivity index (χ3n) is 2.95. The Bertz CT molecular complexity index is 352. The minimum absolute atomic E-state index is 0.0819. The number of ether oxygens (including phenoxy) is 1.